The molecule has 0 heterocycles. The highest BCUT2D eigenvalue weighted by Crippen LogP contribution is 2.36. The first-order valence-corrected chi connectivity index (χ1v) is 13.2. The fourth-order valence-corrected chi connectivity index (χ4v) is 2.68. The van der Waals surface area contributed by atoms with E-state index in [0.29, 0.717) is 59.5 Å². The average molecular weight is 453 g/mol. The van der Waals surface area contributed by atoms with Gasteiger partial charge in [0.25, 0.3) is 8.32 Å². The molecule has 0 aromatic carbocycles. The summed E-state index contributed by atoms with van der Waals surface area (Å²) >= 11 is 0. The molecule has 9 nitrogen and oxygen atoms in total. The zero-order valence-corrected chi connectivity index (χ0v) is 20.5. The van der Waals surface area contributed by atoms with Crippen LogP contribution in [0, 0.1) is 0 Å². The van der Waals surface area contributed by atoms with Gasteiger partial charge in [-0.15, -0.1) is 0 Å². The molecule has 0 atom stereocenters. The molecule has 10 heteroatoms. The van der Waals surface area contributed by atoms with Crippen LogP contribution in [0.25, 0.3) is 0 Å². The fraction of sp³-hybridized carbons (Fsp3) is 0.900. The van der Waals surface area contributed by atoms with Gasteiger partial charge in [0.05, 0.1) is 59.5 Å². The van der Waals surface area contributed by atoms with Crippen molar-refractivity contribution in [1.82, 2.24) is 0 Å². The van der Waals surface area contributed by atoms with Gasteiger partial charge in [-0.05, 0) is 18.1 Å². The monoisotopic (exact) mass is 452 g/mol. The van der Waals surface area contributed by atoms with Gasteiger partial charge >= 0.3 is 11.9 Å². The zero-order valence-electron chi connectivity index (χ0n) is 19.5. The standard InChI is InChI=1S/C20H40O9Si/c1-18(21)28-16-15-26-12-11-24-8-7-23-9-10-25-13-14-27-17-19(22)29-30(5,6)20(2,3)4/h7-17H2,1-6H3. The summed E-state index contributed by atoms with van der Waals surface area (Å²) in [4.78, 5) is 22.4. The lowest BCUT2D eigenvalue weighted by Gasteiger charge is -2.35. The maximum absolute atomic E-state index is 11.9. The van der Waals surface area contributed by atoms with Crippen LogP contribution in [-0.4, -0.2) is 92.9 Å². The molecular formula is C20H40O9Si. The highest BCUT2D eigenvalue weighted by atomic mass is 28.4. The summed E-state index contributed by atoms with van der Waals surface area (Å²) in [6.45, 7) is 15.7. The Morgan fingerprint density at radius 3 is 1.40 bits per heavy atom. The highest BCUT2D eigenvalue weighted by molar-refractivity contribution is 6.75. The van der Waals surface area contributed by atoms with Gasteiger partial charge < -0.3 is 32.8 Å². The minimum atomic E-state index is -2.09. The molecule has 0 aromatic heterocycles. The van der Waals surface area contributed by atoms with Crippen LogP contribution in [0.4, 0.5) is 0 Å². The van der Waals surface area contributed by atoms with Gasteiger partial charge in [-0.3, -0.25) is 9.59 Å². The van der Waals surface area contributed by atoms with E-state index >= 15 is 0 Å². The lowest BCUT2D eigenvalue weighted by Crippen LogP contribution is -2.43. The molecule has 0 saturated heterocycles. The van der Waals surface area contributed by atoms with E-state index in [1.54, 1.807) is 0 Å². The van der Waals surface area contributed by atoms with Gasteiger partial charge in [-0.25, -0.2) is 0 Å². The van der Waals surface area contributed by atoms with Crippen molar-refractivity contribution in [2.75, 3.05) is 72.7 Å². The molecule has 0 fully saturated rings. The lowest BCUT2D eigenvalue weighted by molar-refractivity contribution is -0.143. The molecule has 0 radical (unpaired) electrons. The van der Waals surface area contributed by atoms with E-state index in [-0.39, 0.29) is 30.2 Å². The summed E-state index contributed by atoms with van der Waals surface area (Å²) in [5.74, 6) is -0.634. The average Bonchev–Trinajstić information content (AvgIpc) is 2.62. The van der Waals surface area contributed by atoms with E-state index in [4.69, 9.17) is 32.8 Å². The molecule has 0 spiro atoms. The first kappa shape index (κ1) is 29.0. The third kappa shape index (κ3) is 16.7. The first-order chi connectivity index (χ1) is 14.1. The molecule has 30 heavy (non-hydrogen) atoms. The summed E-state index contributed by atoms with van der Waals surface area (Å²) in [5.41, 5.74) is 0. The van der Waals surface area contributed by atoms with Crippen LogP contribution in [0.2, 0.25) is 18.1 Å². The molecular weight excluding hydrogens is 412 g/mol. The molecule has 178 valence electrons. The minimum absolute atomic E-state index is 0.0169. The zero-order chi connectivity index (χ0) is 22.9. The van der Waals surface area contributed by atoms with Crippen molar-refractivity contribution < 1.29 is 42.4 Å². The molecule has 0 rings (SSSR count). The molecule has 0 aliphatic carbocycles. The topological polar surface area (TPSA) is 98.8 Å². The highest BCUT2D eigenvalue weighted by Gasteiger charge is 2.40. The quantitative estimate of drug-likeness (QED) is 0.176. The Kier molecular flexibility index (Phi) is 16.0. The smallest absolute Gasteiger partial charge is 0.318 e. The molecule has 0 N–H and O–H groups in total. The van der Waals surface area contributed by atoms with Gasteiger partial charge in [0, 0.05) is 6.92 Å². The third-order valence-electron chi connectivity index (χ3n) is 4.42. The van der Waals surface area contributed by atoms with E-state index in [1.807, 2.05) is 13.1 Å². The number of carbonyl (C=O) groups excluding carboxylic acids is 2. The first-order valence-electron chi connectivity index (χ1n) is 10.3. The normalized spacial score (nSPS) is 12.1. The van der Waals surface area contributed by atoms with Gasteiger partial charge in [0.15, 0.2) is 0 Å². The lowest BCUT2D eigenvalue weighted by atomic mass is 10.2. The second-order valence-corrected chi connectivity index (χ2v) is 12.8. The van der Waals surface area contributed by atoms with Crippen LogP contribution in [0.1, 0.15) is 27.7 Å². The van der Waals surface area contributed by atoms with Crippen LogP contribution in [0.3, 0.4) is 0 Å². The Balaban J connectivity index is 3.34. The predicted molar refractivity (Wildman–Crippen MR) is 114 cm³/mol. The van der Waals surface area contributed by atoms with E-state index in [1.165, 1.54) is 6.92 Å². The number of hydrogen-bond donors (Lipinski definition) is 0. The number of carbonyl (C=O) groups is 2. The van der Waals surface area contributed by atoms with Gasteiger partial charge in [-0.2, -0.15) is 0 Å². The van der Waals surface area contributed by atoms with Crippen molar-refractivity contribution in [2.24, 2.45) is 0 Å². The predicted octanol–water partition coefficient (Wildman–Crippen LogP) is 2.18. The number of ether oxygens (including phenoxy) is 6. The Bertz CT molecular complexity index is 464. The molecule has 0 saturated carbocycles. The van der Waals surface area contributed by atoms with Crippen molar-refractivity contribution in [1.29, 1.82) is 0 Å². The maximum atomic E-state index is 11.9. The molecule has 0 aliphatic rings. The molecule has 0 unspecified atom stereocenters. The summed E-state index contributed by atoms with van der Waals surface area (Å²) in [5, 5.41) is -0.0169. The Morgan fingerprint density at radius 2 is 1.03 bits per heavy atom. The Labute approximate surface area is 181 Å². The molecule has 0 aromatic rings. The van der Waals surface area contributed by atoms with Crippen molar-refractivity contribution in [3.8, 4) is 0 Å². The molecule has 0 bridgehead atoms. The van der Waals surface area contributed by atoms with Gasteiger partial charge in [-0.1, -0.05) is 20.8 Å². The van der Waals surface area contributed by atoms with Crippen molar-refractivity contribution >= 4 is 20.3 Å². The summed E-state index contributed by atoms with van der Waals surface area (Å²) in [6, 6.07) is 0. The van der Waals surface area contributed by atoms with E-state index in [0.717, 1.165) is 0 Å². The van der Waals surface area contributed by atoms with E-state index < -0.39 is 8.32 Å². The summed E-state index contributed by atoms with van der Waals surface area (Å²) < 4.78 is 37.0. The molecule has 0 amide bonds. The van der Waals surface area contributed by atoms with Crippen molar-refractivity contribution in [3.63, 3.8) is 0 Å². The number of hydrogen-bond acceptors (Lipinski definition) is 9. The maximum Gasteiger partial charge on any atom is 0.318 e. The molecule has 0 aliphatic heterocycles. The van der Waals surface area contributed by atoms with Gasteiger partial charge in [0.2, 0.25) is 0 Å². The summed E-state index contributed by atoms with van der Waals surface area (Å²) in [6.07, 6.45) is 0. The van der Waals surface area contributed by atoms with Crippen LogP contribution in [-0.2, 0) is 42.4 Å². The number of rotatable bonds is 18. The van der Waals surface area contributed by atoms with Crippen LogP contribution in [0.15, 0.2) is 0 Å². The van der Waals surface area contributed by atoms with E-state index in [9.17, 15) is 9.59 Å². The second-order valence-electron chi connectivity index (χ2n) is 8.08. The van der Waals surface area contributed by atoms with Crippen LogP contribution in [0.5, 0.6) is 0 Å². The largest absolute Gasteiger partial charge is 0.517 e. The van der Waals surface area contributed by atoms with Gasteiger partial charge in [0.1, 0.15) is 13.2 Å². The van der Waals surface area contributed by atoms with Crippen LogP contribution < -0.4 is 0 Å². The van der Waals surface area contributed by atoms with Crippen molar-refractivity contribution in [2.45, 2.75) is 45.8 Å². The Morgan fingerprint density at radius 1 is 0.667 bits per heavy atom. The second kappa shape index (κ2) is 16.6. The number of esters is 1. The third-order valence-corrected chi connectivity index (χ3v) is 8.77. The summed E-state index contributed by atoms with van der Waals surface area (Å²) in [7, 11) is -2.09. The SMILES string of the molecule is CC(=O)OCCOCCOCCOCCOCCOCC(=O)O[Si](C)(C)C(C)(C)C. The van der Waals surface area contributed by atoms with E-state index in [2.05, 4.69) is 20.8 Å². The Hall–Kier alpha value is -1.04. The van der Waals surface area contributed by atoms with Crippen LogP contribution >= 0.6 is 0 Å². The fourth-order valence-electron chi connectivity index (χ4n) is 1.75. The minimum Gasteiger partial charge on any atom is -0.517 e. The van der Waals surface area contributed by atoms with Crippen molar-refractivity contribution in [3.05, 3.63) is 0 Å².